The molecule has 3 aromatic heterocycles. The van der Waals surface area contributed by atoms with E-state index in [0.29, 0.717) is 23.1 Å². The minimum Gasteiger partial charge on any atom is -0.479 e. The summed E-state index contributed by atoms with van der Waals surface area (Å²) in [5.74, 6) is -3.15. The van der Waals surface area contributed by atoms with Gasteiger partial charge in [0.1, 0.15) is 23.2 Å². The van der Waals surface area contributed by atoms with E-state index in [0.717, 1.165) is 5.56 Å². The van der Waals surface area contributed by atoms with Gasteiger partial charge in [-0.25, -0.2) is 14.3 Å². The van der Waals surface area contributed by atoms with Gasteiger partial charge in [0.25, 0.3) is 5.56 Å². The number of nitrogens with zero attached hydrogens (tertiary/aromatic N) is 3. The van der Waals surface area contributed by atoms with Crippen molar-refractivity contribution in [3.63, 3.8) is 0 Å². The highest BCUT2D eigenvalue weighted by Gasteiger charge is 2.61. The summed E-state index contributed by atoms with van der Waals surface area (Å²) in [7, 11) is -1.32. The number of carbonyl (C=O) groups is 4. The number of aromatic nitrogens is 2. The van der Waals surface area contributed by atoms with E-state index in [2.05, 4.69) is 15.7 Å². The lowest BCUT2D eigenvalue weighted by Gasteiger charge is -2.32. The van der Waals surface area contributed by atoms with Crippen LogP contribution in [-0.4, -0.2) is 89.1 Å². The van der Waals surface area contributed by atoms with Gasteiger partial charge >= 0.3 is 12.1 Å². The van der Waals surface area contributed by atoms with Crippen LogP contribution in [0.5, 0.6) is 0 Å². The maximum Gasteiger partial charge on any atom is 0.408 e. The van der Waals surface area contributed by atoms with E-state index in [1.165, 1.54) is 32.3 Å². The summed E-state index contributed by atoms with van der Waals surface area (Å²) in [5.41, 5.74) is -0.203. The second-order valence-electron chi connectivity index (χ2n) is 14.3. The molecule has 6 rings (SSSR count). The maximum atomic E-state index is 14.6. The number of alkyl carbamates (subject to hydrolysis) is 1. The third-order valence-electron chi connectivity index (χ3n) is 9.56. The summed E-state index contributed by atoms with van der Waals surface area (Å²) in [6, 6.07) is 0.633. The molecule has 13 nitrogen and oxygen atoms in total. The average molecular weight is 756 g/mol. The third-order valence-corrected chi connectivity index (χ3v) is 12.2. The Balaban J connectivity index is 1.41. The van der Waals surface area contributed by atoms with Crippen molar-refractivity contribution in [3.8, 4) is 22.3 Å². The molecule has 7 atom stereocenters. The predicted octanol–water partition coefficient (Wildman–Crippen LogP) is 4.04. The third kappa shape index (κ3) is 7.72. The molecule has 51 heavy (non-hydrogen) atoms. The van der Waals surface area contributed by atoms with Gasteiger partial charge in [-0.3, -0.25) is 18.6 Å². The molecule has 2 fully saturated rings. The molecular formula is C35H41N5O8S3. The van der Waals surface area contributed by atoms with Crippen molar-refractivity contribution in [1.29, 1.82) is 0 Å². The van der Waals surface area contributed by atoms with Gasteiger partial charge in [-0.2, -0.15) is 27.8 Å². The molecule has 0 aromatic carbocycles. The lowest BCUT2D eigenvalue weighted by atomic mass is 9.97. The lowest BCUT2D eigenvalue weighted by molar-refractivity contribution is -0.146. The van der Waals surface area contributed by atoms with E-state index in [4.69, 9.17) is 4.74 Å². The van der Waals surface area contributed by atoms with Crippen LogP contribution < -0.4 is 16.2 Å². The average Bonchev–Trinajstić information content (AvgIpc) is 3.59. The second-order valence-corrected chi connectivity index (χ2v) is 17.5. The molecule has 3 amide bonds. The number of amides is 3. The highest BCUT2D eigenvalue weighted by atomic mass is 32.2. The van der Waals surface area contributed by atoms with Crippen molar-refractivity contribution in [3.05, 3.63) is 62.4 Å². The van der Waals surface area contributed by atoms with Gasteiger partial charge in [-0.15, -0.1) is 0 Å². The Morgan fingerprint density at radius 3 is 2.49 bits per heavy atom. The molecule has 3 aromatic rings. The fraction of sp³-hybridized carbons (Fsp3) is 0.486. The normalized spacial score (nSPS) is 29.1. The number of hydrogen-bond donors (Lipinski definition) is 3. The minimum absolute atomic E-state index is 0.0287. The molecular weight excluding hydrogens is 715 g/mol. The summed E-state index contributed by atoms with van der Waals surface area (Å²) in [6.45, 7) is 6.72. The van der Waals surface area contributed by atoms with E-state index < -0.39 is 81.3 Å². The Morgan fingerprint density at radius 2 is 1.84 bits per heavy atom. The monoisotopic (exact) mass is 755 g/mol. The summed E-state index contributed by atoms with van der Waals surface area (Å²) < 4.78 is 19.7. The van der Waals surface area contributed by atoms with E-state index in [1.54, 1.807) is 46.0 Å². The number of ether oxygens (including phenoxy) is 1. The van der Waals surface area contributed by atoms with E-state index in [1.807, 2.05) is 33.7 Å². The summed E-state index contributed by atoms with van der Waals surface area (Å²) in [4.78, 5) is 70.0. The first-order valence-electron chi connectivity index (χ1n) is 16.7. The van der Waals surface area contributed by atoms with Crippen LogP contribution in [0.2, 0.25) is 0 Å². The van der Waals surface area contributed by atoms with Gasteiger partial charge in [-0.1, -0.05) is 19.1 Å². The number of nitrogens with one attached hydrogen (secondary N) is 2. The zero-order valence-electron chi connectivity index (χ0n) is 28.7. The smallest absolute Gasteiger partial charge is 0.408 e. The number of carboxylic acids is 1. The minimum atomic E-state index is -1.59. The van der Waals surface area contributed by atoms with Gasteiger partial charge in [-0.05, 0) is 84.3 Å². The molecule has 3 aliphatic rings. The molecule has 5 heterocycles. The SMILES string of the molecule is CC1CCS(=O)C/C=C\C2CC2(C(=O)O)NC(=O)[C@@H]2C[C@@H](n3ncc(-c4ccsc4)c(-c4ccsc4)c3=O)CN2C(=O)[C@H]1NC(=O)OC(C)(C)C. The molecule has 3 N–H and O–H groups in total. The molecule has 2 aliphatic heterocycles. The molecule has 1 aliphatic carbocycles. The Labute approximate surface area is 305 Å². The van der Waals surface area contributed by atoms with Gasteiger partial charge in [0.15, 0.2) is 0 Å². The standard InChI is InChI=1S/C35H41N5O8S3/c1-20-9-13-51(47)12-5-6-23-15-35(23,32(44)45)38-29(41)26-14-24(17-39(26)31(43)28(20)37-33(46)48-34(2,3)4)40-30(42)27(22-8-11-50-19-22)25(16-36-40)21-7-10-49-18-21/h5-8,10-11,16,18-20,23-24,26,28H,9,12-15,17H2,1-4H3,(H,37,46)(H,38,41)(H,44,45)/b6-5-/t20?,23?,24-,26+,28+,35?,51?/m1/s1. The van der Waals surface area contributed by atoms with Crippen LogP contribution >= 0.6 is 22.7 Å². The highest BCUT2D eigenvalue weighted by Crippen LogP contribution is 2.45. The molecule has 272 valence electrons. The number of hydrogen-bond acceptors (Lipinski definition) is 10. The van der Waals surface area contributed by atoms with Crippen molar-refractivity contribution >= 4 is 57.4 Å². The number of carboxylic acid groups (broad SMARTS) is 1. The Bertz CT molecular complexity index is 1920. The zero-order valence-corrected chi connectivity index (χ0v) is 31.1. The molecule has 4 unspecified atom stereocenters. The van der Waals surface area contributed by atoms with Crippen LogP contribution in [0.15, 0.2) is 56.8 Å². The molecule has 1 saturated heterocycles. The van der Waals surface area contributed by atoms with Crippen LogP contribution in [0.3, 0.4) is 0 Å². The number of carbonyl (C=O) groups excluding carboxylic acids is 3. The Hall–Kier alpha value is -4.15. The molecule has 0 spiro atoms. The first-order valence-corrected chi connectivity index (χ1v) is 20.1. The van der Waals surface area contributed by atoms with Crippen molar-refractivity contribution in [2.45, 2.75) is 76.2 Å². The van der Waals surface area contributed by atoms with Crippen LogP contribution in [0.4, 0.5) is 4.79 Å². The summed E-state index contributed by atoms with van der Waals surface area (Å²) in [6.07, 6.45) is 4.54. The number of thiophene rings is 2. The van der Waals surface area contributed by atoms with Gasteiger partial charge < -0.3 is 25.4 Å². The lowest BCUT2D eigenvalue weighted by Crippen LogP contribution is -2.58. The van der Waals surface area contributed by atoms with Crippen molar-refractivity contribution in [2.75, 3.05) is 18.1 Å². The number of aliphatic carboxylic acids is 1. The molecule has 0 radical (unpaired) electrons. The molecule has 16 heteroatoms. The zero-order chi connectivity index (χ0) is 36.7. The van der Waals surface area contributed by atoms with Gasteiger partial charge in [0.05, 0.1) is 17.8 Å². The highest BCUT2D eigenvalue weighted by molar-refractivity contribution is 7.85. The van der Waals surface area contributed by atoms with Crippen molar-refractivity contribution in [1.82, 2.24) is 25.3 Å². The van der Waals surface area contributed by atoms with Crippen LogP contribution in [0, 0.1) is 11.8 Å². The van der Waals surface area contributed by atoms with Crippen molar-refractivity contribution < 1.29 is 33.2 Å². The predicted molar refractivity (Wildman–Crippen MR) is 195 cm³/mol. The topological polar surface area (TPSA) is 177 Å². The fourth-order valence-electron chi connectivity index (χ4n) is 6.75. The first kappa shape index (κ1) is 36.6. The summed E-state index contributed by atoms with van der Waals surface area (Å²) >= 11 is 2.94. The fourth-order valence-corrected chi connectivity index (χ4v) is 9.18. The second kappa shape index (κ2) is 14.5. The van der Waals surface area contributed by atoms with Gasteiger partial charge in [0, 0.05) is 46.8 Å². The number of fused-ring (bicyclic) bond motifs is 2. The molecule has 1 saturated carbocycles. The Kier molecular flexibility index (Phi) is 10.4. The first-order chi connectivity index (χ1) is 24.2. The Morgan fingerprint density at radius 1 is 1.14 bits per heavy atom. The quantitative estimate of drug-likeness (QED) is 0.325. The molecule has 0 bridgehead atoms. The summed E-state index contributed by atoms with van der Waals surface area (Å²) in [5, 5.41) is 27.8. The maximum absolute atomic E-state index is 14.6. The van der Waals surface area contributed by atoms with Gasteiger partial charge in [0.2, 0.25) is 11.8 Å². The van der Waals surface area contributed by atoms with Crippen molar-refractivity contribution in [2.24, 2.45) is 11.8 Å². The van der Waals surface area contributed by atoms with Crippen LogP contribution in [0.1, 0.15) is 53.0 Å². The van der Waals surface area contributed by atoms with E-state index in [9.17, 15) is 33.3 Å². The van der Waals surface area contributed by atoms with Crippen LogP contribution in [0.25, 0.3) is 22.3 Å². The largest absolute Gasteiger partial charge is 0.479 e. The number of rotatable bonds is 5. The van der Waals surface area contributed by atoms with Crippen LogP contribution in [-0.2, 0) is 29.9 Å². The van der Waals surface area contributed by atoms with E-state index >= 15 is 0 Å². The van der Waals surface area contributed by atoms with E-state index in [-0.39, 0.29) is 30.9 Å².